The molecule has 102 valence electrons. The van der Waals surface area contributed by atoms with Gasteiger partial charge >= 0.3 is 0 Å². The van der Waals surface area contributed by atoms with Gasteiger partial charge in [0.05, 0.1) is 10.9 Å². The Bertz CT molecular complexity index is 680. The van der Waals surface area contributed by atoms with Crippen LogP contribution < -0.4 is 5.32 Å². The second-order valence-corrected chi connectivity index (χ2v) is 7.28. The van der Waals surface area contributed by atoms with Crippen molar-refractivity contribution in [3.63, 3.8) is 0 Å². The number of hydrogen-bond donors (Lipinski definition) is 1. The molecule has 2 aromatic rings. The van der Waals surface area contributed by atoms with Gasteiger partial charge in [0.15, 0.2) is 9.84 Å². The van der Waals surface area contributed by atoms with Crippen molar-refractivity contribution in [3.8, 4) is 10.6 Å². The van der Waals surface area contributed by atoms with Gasteiger partial charge in [-0.05, 0) is 26.1 Å². The minimum Gasteiger partial charge on any atom is -0.311 e. The van der Waals surface area contributed by atoms with Gasteiger partial charge in [0.25, 0.3) is 0 Å². The summed E-state index contributed by atoms with van der Waals surface area (Å²) in [7, 11) is -1.35. The summed E-state index contributed by atoms with van der Waals surface area (Å²) in [6.07, 6.45) is 1.20. The van der Waals surface area contributed by atoms with Gasteiger partial charge in [0, 0.05) is 11.8 Å². The first-order valence-corrected chi connectivity index (χ1v) is 8.44. The molecule has 0 saturated heterocycles. The zero-order valence-corrected chi connectivity index (χ0v) is 12.5. The highest BCUT2D eigenvalue weighted by atomic mass is 32.2. The summed E-state index contributed by atoms with van der Waals surface area (Å²) >= 11 is 1.46. The van der Waals surface area contributed by atoms with Crippen LogP contribution in [0.15, 0.2) is 29.2 Å². The van der Waals surface area contributed by atoms with E-state index in [1.807, 2.05) is 20.0 Å². The van der Waals surface area contributed by atoms with E-state index in [0.717, 1.165) is 15.6 Å². The average molecular weight is 297 g/mol. The van der Waals surface area contributed by atoms with Crippen molar-refractivity contribution >= 4 is 21.2 Å². The van der Waals surface area contributed by atoms with Crippen LogP contribution in [0.5, 0.6) is 0 Å². The quantitative estimate of drug-likeness (QED) is 0.933. The Morgan fingerprint density at radius 2 is 2.05 bits per heavy atom. The monoisotopic (exact) mass is 297 g/mol. The van der Waals surface area contributed by atoms with Gasteiger partial charge in [0.2, 0.25) is 0 Å². The number of aromatic nitrogens is 2. The number of nitrogens with one attached hydrogen (secondary N) is 1. The normalized spacial score (nSPS) is 13.4. The molecule has 1 heterocycles. The van der Waals surface area contributed by atoms with Crippen molar-refractivity contribution in [2.24, 2.45) is 0 Å². The highest BCUT2D eigenvalue weighted by molar-refractivity contribution is 7.90. The average Bonchev–Trinajstić information content (AvgIpc) is 2.86. The molecule has 5 nitrogen and oxygen atoms in total. The van der Waals surface area contributed by atoms with Crippen LogP contribution in [0.3, 0.4) is 0 Å². The Morgan fingerprint density at radius 3 is 2.68 bits per heavy atom. The van der Waals surface area contributed by atoms with E-state index in [-0.39, 0.29) is 6.04 Å². The van der Waals surface area contributed by atoms with Gasteiger partial charge < -0.3 is 5.32 Å². The molecule has 0 saturated carbocycles. The van der Waals surface area contributed by atoms with Crippen molar-refractivity contribution in [2.75, 3.05) is 13.3 Å². The summed E-state index contributed by atoms with van der Waals surface area (Å²) in [5.74, 6) is 0. The Labute approximate surface area is 116 Å². The third kappa shape index (κ3) is 3.17. The van der Waals surface area contributed by atoms with E-state index >= 15 is 0 Å². The van der Waals surface area contributed by atoms with Crippen molar-refractivity contribution in [3.05, 3.63) is 29.3 Å². The Balaban J connectivity index is 2.40. The molecule has 0 aliphatic carbocycles. The maximum atomic E-state index is 11.5. The van der Waals surface area contributed by atoms with Gasteiger partial charge in [-0.25, -0.2) is 8.42 Å². The molecule has 0 aliphatic rings. The van der Waals surface area contributed by atoms with E-state index in [4.69, 9.17) is 0 Å². The highest BCUT2D eigenvalue weighted by Crippen LogP contribution is 2.27. The summed E-state index contributed by atoms with van der Waals surface area (Å²) in [6.45, 7) is 2.00. The number of benzene rings is 1. The van der Waals surface area contributed by atoms with E-state index < -0.39 is 9.84 Å². The molecule has 0 aliphatic heterocycles. The molecule has 0 spiro atoms. The summed E-state index contributed by atoms with van der Waals surface area (Å²) in [6, 6.07) is 6.89. The van der Waals surface area contributed by atoms with Crippen molar-refractivity contribution in [1.29, 1.82) is 0 Å². The van der Waals surface area contributed by atoms with Gasteiger partial charge in [-0.15, -0.1) is 10.2 Å². The predicted molar refractivity (Wildman–Crippen MR) is 75.9 cm³/mol. The molecule has 1 atom stereocenters. The maximum Gasteiger partial charge on any atom is 0.175 e. The lowest BCUT2D eigenvalue weighted by Crippen LogP contribution is -2.11. The number of sulfone groups is 1. The summed E-state index contributed by atoms with van der Waals surface area (Å²) in [5, 5.41) is 12.9. The van der Waals surface area contributed by atoms with Gasteiger partial charge in [0.1, 0.15) is 10.0 Å². The lowest BCUT2D eigenvalue weighted by atomic mass is 10.2. The number of nitrogens with zero attached hydrogens (tertiary/aromatic N) is 2. The van der Waals surface area contributed by atoms with Crippen LogP contribution in [0, 0.1) is 0 Å². The van der Waals surface area contributed by atoms with E-state index in [1.54, 1.807) is 18.2 Å². The standard InChI is InChI=1S/C12H15N3O2S2/c1-8(13-2)11-14-15-12(18-11)9-5-4-6-10(7-9)19(3,16)17/h4-8,13H,1-3H3. The molecule has 19 heavy (non-hydrogen) atoms. The van der Waals surface area contributed by atoms with E-state index in [0.29, 0.717) is 4.90 Å². The van der Waals surface area contributed by atoms with Crippen molar-refractivity contribution in [2.45, 2.75) is 17.9 Å². The van der Waals surface area contributed by atoms with Gasteiger partial charge in [-0.2, -0.15) is 0 Å². The molecule has 1 aromatic heterocycles. The minimum atomic E-state index is -3.20. The Morgan fingerprint density at radius 1 is 1.32 bits per heavy atom. The molecule has 7 heteroatoms. The van der Waals surface area contributed by atoms with Gasteiger partial charge in [-0.1, -0.05) is 23.5 Å². The Kier molecular flexibility index (Phi) is 3.98. The first kappa shape index (κ1) is 14.1. The SMILES string of the molecule is CNC(C)c1nnc(-c2cccc(S(C)(=O)=O)c2)s1. The molecule has 0 fully saturated rings. The van der Waals surface area contributed by atoms with Crippen LogP contribution in [-0.4, -0.2) is 31.9 Å². The van der Waals surface area contributed by atoms with E-state index in [9.17, 15) is 8.42 Å². The molecule has 1 aromatic carbocycles. The zero-order chi connectivity index (χ0) is 14.0. The topological polar surface area (TPSA) is 72.0 Å². The number of rotatable bonds is 4. The fourth-order valence-corrected chi connectivity index (χ4v) is 3.08. The molecular formula is C12H15N3O2S2. The molecule has 1 unspecified atom stereocenters. The van der Waals surface area contributed by atoms with Crippen LogP contribution in [-0.2, 0) is 9.84 Å². The third-order valence-electron chi connectivity index (χ3n) is 2.75. The van der Waals surface area contributed by atoms with Crippen LogP contribution >= 0.6 is 11.3 Å². The van der Waals surface area contributed by atoms with Gasteiger partial charge in [-0.3, -0.25) is 0 Å². The molecule has 0 bridgehead atoms. The highest BCUT2D eigenvalue weighted by Gasteiger charge is 2.13. The number of hydrogen-bond acceptors (Lipinski definition) is 6. The molecular weight excluding hydrogens is 282 g/mol. The van der Waals surface area contributed by atoms with Crippen LogP contribution in [0.2, 0.25) is 0 Å². The Hall–Kier alpha value is -1.31. The minimum absolute atomic E-state index is 0.129. The van der Waals surface area contributed by atoms with E-state index in [1.165, 1.54) is 17.6 Å². The maximum absolute atomic E-state index is 11.5. The van der Waals surface area contributed by atoms with Crippen LogP contribution in [0.1, 0.15) is 18.0 Å². The third-order valence-corrected chi connectivity index (χ3v) is 5.02. The first-order valence-electron chi connectivity index (χ1n) is 5.73. The smallest absolute Gasteiger partial charge is 0.175 e. The molecule has 0 radical (unpaired) electrons. The molecule has 1 N–H and O–H groups in total. The van der Waals surface area contributed by atoms with Crippen molar-refractivity contribution in [1.82, 2.24) is 15.5 Å². The van der Waals surface area contributed by atoms with Crippen LogP contribution in [0.4, 0.5) is 0 Å². The first-order chi connectivity index (χ1) is 8.91. The lowest BCUT2D eigenvalue weighted by Gasteiger charge is -2.03. The zero-order valence-electron chi connectivity index (χ0n) is 10.9. The predicted octanol–water partition coefficient (Wildman–Crippen LogP) is 1.89. The van der Waals surface area contributed by atoms with E-state index in [2.05, 4.69) is 15.5 Å². The van der Waals surface area contributed by atoms with Crippen LogP contribution in [0.25, 0.3) is 10.6 Å². The molecule has 0 amide bonds. The molecule has 2 rings (SSSR count). The second kappa shape index (κ2) is 5.36. The fourth-order valence-electron chi connectivity index (χ4n) is 1.51. The fraction of sp³-hybridized carbons (Fsp3) is 0.333. The second-order valence-electron chi connectivity index (χ2n) is 4.26. The summed E-state index contributed by atoms with van der Waals surface area (Å²) in [4.78, 5) is 0.295. The largest absolute Gasteiger partial charge is 0.311 e. The van der Waals surface area contributed by atoms with Crippen molar-refractivity contribution < 1.29 is 8.42 Å². The summed E-state index contributed by atoms with van der Waals surface area (Å²) < 4.78 is 23.1. The lowest BCUT2D eigenvalue weighted by molar-refractivity contribution is 0.602. The summed E-state index contributed by atoms with van der Waals surface area (Å²) in [5.41, 5.74) is 0.773.